The molecular weight excluding hydrogens is 246 g/mol. The monoisotopic (exact) mass is 262 g/mol. The molecule has 0 radical (unpaired) electrons. The Morgan fingerprint density at radius 2 is 1.63 bits per heavy atom. The lowest BCUT2D eigenvalue weighted by Crippen LogP contribution is -2.30. The van der Waals surface area contributed by atoms with Gasteiger partial charge in [0.25, 0.3) is 0 Å². The third-order valence-electron chi connectivity index (χ3n) is 3.03. The van der Waals surface area contributed by atoms with Crippen molar-refractivity contribution in [2.75, 3.05) is 0 Å². The summed E-state index contributed by atoms with van der Waals surface area (Å²) in [5.74, 6) is -1.76. The Morgan fingerprint density at radius 1 is 0.947 bits per heavy atom. The average Bonchev–Trinajstić information content (AvgIpc) is 2.35. The minimum Gasteiger partial charge on any atom is -0.389 e. The van der Waals surface area contributed by atoms with Gasteiger partial charge in [0.2, 0.25) is 0 Å². The maximum atomic E-state index is 13.6. The van der Waals surface area contributed by atoms with Gasteiger partial charge in [-0.15, -0.1) is 0 Å². The van der Waals surface area contributed by atoms with E-state index < -0.39 is 17.2 Å². The smallest absolute Gasteiger partial charge is 0.162 e. The van der Waals surface area contributed by atoms with Gasteiger partial charge in [-0.2, -0.15) is 0 Å². The van der Waals surface area contributed by atoms with Gasteiger partial charge >= 0.3 is 0 Å². The van der Waals surface area contributed by atoms with Gasteiger partial charge in [-0.25, -0.2) is 8.78 Å². The fourth-order valence-electron chi connectivity index (χ4n) is 2.19. The van der Waals surface area contributed by atoms with Crippen LogP contribution in [-0.4, -0.2) is 10.7 Å². The molecule has 3 heteroatoms. The molecule has 1 atom stereocenters. The molecule has 0 aliphatic carbocycles. The van der Waals surface area contributed by atoms with E-state index in [0.29, 0.717) is 6.42 Å². The Hall–Kier alpha value is -1.74. The van der Waals surface area contributed by atoms with Gasteiger partial charge < -0.3 is 5.11 Å². The maximum Gasteiger partial charge on any atom is 0.162 e. The number of halogens is 2. The third kappa shape index (κ3) is 3.61. The zero-order chi connectivity index (χ0) is 13.9. The van der Waals surface area contributed by atoms with Crippen LogP contribution in [-0.2, 0) is 12.8 Å². The Labute approximate surface area is 111 Å². The molecule has 0 aromatic heterocycles. The third-order valence-corrected chi connectivity index (χ3v) is 3.03. The minimum atomic E-state index is -1.12. The van der Waals surface area contributed by atoms with E-state index in [1.807, 2.05) is 30.3 Å². The van der Waals surface area contributed by atoms with Crippen molar-refractivity contribution in [3.05, 3.63) is 71.3 Å². The molecule has 2 rings (SSSR count). The van der Waals surface area contributed by atoms with E-state index in [1.54, 1.807) is 6.92 Å². The first-order valence-corrected chi connectivity index (χ1v) is 6.17. The van der Waals surface area contributed by atoms with Crippen LogP contribution in [0.1, 0.15) is 18.1 Å². The summed E-state index contributed by atoms with van der Waals surface area (Å²) in [7, 11) is 0. The molecule has 0 spiro atoms. The van der Waals surface area contributed by atoms with Crippen LogP contribution in [0.4, 0.5) is 8.78 Å². The Morgan fingerprint density at radius 3 is 2.32 bits per heavy atom. The predicted octanol–water partition coefficient (Wildman–Crippen LogP) is 3.50. The topological polar surface area (TPSA) is 20.2 Å². The van der Waals surface area contributed by atoms with Gasteiger partial charge in [-0.1, -0.05) is 42.5 Å². The molecule has 0 saturated heterocycles. The molecule has 2 aromatic carbocycles. The molecule has 0 amide bonds. The highest BCUT2D eigenvalue weighted by molar-refractivity contribution is 5.23. The summed E-state index contributed by atoms with van der Waals surface area (Å²) in [5, 5.41) is 10.3. The maximum absolute atomic E-state index is 13.6. The molecule has 19 heavy (non-hydrogen) atoms. The summed E-state index contributed by atoms with van der Waals surface area (Å²) < 4.78 is 26.7. The summed E-state index contributed by atoms with van der Waals surface area (Å²) in [6.45, 7) is 1.63. The zero-order valence-electron chi connectivity index (χ0n) is 10.7. The summed E-state index contributed by atoms with van der Waals surface area (Å²) in [6, 6.07) is 13.5. The SMILES string of the molecule is CC(O)(Cc1ccccc1)Cc1cccc(F)c1F. The van der Waals surface area contributed by atoms with E-state index in [1.165, 1.54) is 12.1 Å². The lowest BCUT2D eigenvalue weighted by molar-refractivity contribution is 0.0598. The summed E-state index contributed by atoms with van der Waals surface area (Å²) >= 11 is 0. The second-order valence-electron chi connectivity index (χ2n) is 5.05. The number of benzene rings is 2. The molecule has 0 saturated carbocycles. The van der Waals surface area contributed by atoms with E-state index in [2.05, 4.69) is 0 Å². The van der Waals surface area contributed by atoms with Crippen molar-refractivity contribution >= 4 is 0 Å². The second kappa shape index (κ2) is 5.49. The number of hydrogen-bond donors (Lipinski definition) is 1. The van der Waals surface area contributed by atoms with Crippen molar-refractivity contribution in [1.82, 2.24) is 0 Å². The fourth-order valence-corrected chi connectivity index (χ4v) is 2.19. The van der Waals surface area contributed by atoms with Gasteiger partial charge in [0.15, 0.2) is 11.6 Å². The molecule has 0 fully saturated rings. The summed E-state index contributed by atoms with van der Waals surface area (Å²) in [6.07, 6.45) is 0.468. The highest BCUT2D eigenvalue weighted by Crippen LogP contribution is 2.21. The molecule has 0 heterocycles. The van der Waals surface area contributed by atoms with Crippen LogP contribution in [0.15, 0.2) is 48.5 Å². The largest absolute Gasteiger partial charge is 0.389 e. The molecule has 0 aliphatic rings. The van der Waals surface area contributed by atoms with Crippen LogP contribution in [0.3, 0.4) is 0 Å². The first-order chi connectivity index (χ1) is 8.98. The molecule has 0 aliphatic heterocycles. The van der Waals surface area contributed by atoms with E-state index in [4.69, 9.17) is 0 Å². The standard InChI is InChI=1S/C16H16F2O/c1-16(19,10-12-6-3-2-4-7-12)11-13-8-5-9-14(17)15(13)18/h2-9,19H,10-11H2,1H3. The Balaban J connectivity index is 2.15. The van der Waals surface area contributed by atoms with Crippen molar-refractivity contribution in [1.29, 1.82) is 0 Å². The van der Waals surface area contributed by atoms with Crippen molar-refractivity contribution in [3.8, 4) is 0 Å². The van der Waals surface area contributed by atoms with Crippen LogP contribution in [0, 0.1) is 11.6 Å². The molecule has 1 nitrogen and oxygen atoms in total. The lowest BCUT2D eigenvalue weighted by Gasteiger charge is -2.23. The highest BCUT2D eigenvalue weighted by atomic mass is 19.2. The molecular formula is C16H16F2O. The molecule has 1 N–H and O–H groups in total. The second-order valence-corrected chi connectivity index (χ2v) is 5.05. The minimum absolute atomic E-state index is 0.0749. The van der Waals surface area contributed by atoms with Crippen molar-refractivity contribution in [3.63, 3.8) is 0 Å². The normalized spacial score (nSPS) is 14.1. The quantitative estimate of drug-likeness (QED) is 0.894. The van der Waals surface area contributed by atoms with Crippen LogP contribution in [0.5, 0.6) is 0 Å². The van der Waals surface area contributed by atoms with Gasteiger partial charge in [0.05, 0.1) is 5.60 Å². The molecule has 2 aromatic rings. The molecule has 100 valence electrons. The van der Waals surface area contributed by atoms with Crippen molar-refractivity contribution in [2.24, 2.45) is 0 Å². The number of hydrogen-bond acceptors (Lipinski definition) is 1. The summed E-state index contributed by atoms with van der Waals surface area (Å²) in [4.78, 5) is 0. The van der Waals surface area contributed by atoms with E-state index in [-0.39, 0.29) is 12.0 Å². The first kappa shape index (κ1) is 13.7. The van der Waals surface area contributed by atoms with Gasteiger partial charge in [-0.05, 0) is 24.1 Å². The van der Waals surface area contributed by atoms with E-state index >= 15 is 0 Å². The first-order valence-electron chi connectivity index (χ1n) is 6.17. The zero-order valence-corrected chi connectivity index (χ0v) is 10.7. The van der Waals surface area contributed by atoms with Crippen LogP contribution < -0.4 is 0 Å². The van der Waals surface area contributed by atoms with E-state index in [0.717, 1.165) is 11.6 Å². The fraction of sp³-hybridized carbons (Fsp3) is 0.250. The van der Waals surface area contributed by atoms with Crippen molar-refractivity contribution < 1.29 is 13.9 Å². The summed E-state index contributed by atoms with van der Waals surface area (Å²) in [5.41, 5.74) is 0.0425. The van der Waals surface area contributed by atoms with Gasteiger partial charge in [0.1, 0.15) is 0 Å². The predicted molar refractivity (Wildman–Crippen MR) is 70.8 cm³/mol. The van der Waals surface area contributed by atoms with E-state index in [9.17, 15) is 13.9 Å². The van der Waals surface area contributed by atoms with Gasteiger partial charge in [0, 0.05) is 12.8 Å². The van der Waals surface area contributed by atoms with Crippen LogP contribution >= 0.6 is 0 Å². The van der Waals surface area contributed by atoms with Crippen LogP contribution in [0.25, 0.3) is 0 Å². The van der Waals surface area contributed by atoms with Crippen LogP contribution in [0.2, 0.25) is 0 Å². The number of aliphatic hydroxyl groups is 1. The van der Waals surface area contributed by atoms with Crippen molar-refractivity contribution in [2.45, 2.75) is 25.4 Å². The molecule has 0 bridgehead atoms. The molecule has 1 unspecified atom stereocenters. The average molecular weight is 262 g/mol. The highest BCUT2D eigenvalue weighted by Gasteiger charge is 2.23. The Bertz CT molecular complexity index is 550. The van der Waals surface area contributed by atoms with Gasteiger partial charge in [-0.3, -0.25) is 0 Å². The number of rotatable bonds is 4. The lowest BCUT2D eigenvalue weighted by atomic mass is 9.89. The Kier molecular flexibility index (Phi) is 3.96.